The highest BCUT2D eigenvalue weighted by Gasteiger charge is 2.23. The first-order valence-corrected chi connectivity index (χ1v) is 5.71. The van der Waals surface area contributed by atoms with Crippen LogP contribution in [0.4, 0.5) is 0 Å². The van der Waals surface area contributed by atoms with Gasteiger partial charge in [0.25, 0.3) is 5.91 Å². The number of carboxylic acids is 1. The number of hydrogen-bond donors (Lipinski definition) is 1. The highest BCUT2D eigenvalue weighted by molar-refractivity contribution is 7.03. The Morgan fingerprint density at radius 3 is 2.56 bits per heavy atom. The van der Waals surface area contributed by atoms with Crippen LogP contribution in [0, 0.1) is 6.92 Å². The van der Waals surface area contributed by atoms with Crippen LogP contribution in [0.1, 0.15) is 29.9 Å². The fourth-order valence-electron chi connectivity index (χ4n) is 1.29. The molecule has 0 atom stereocenters. The molecule has 6 heteroatoms. The number of aliphatic carboxylic acids is 1. The van der Waals surface area contributed by atoms with Crippen LogP contribution in [0.5, 0.6) is 0 Å². The highest BCUT2D eigenvalue weighted by atomic mass is 32.1. The smallest absolute Gasteiger partial charge is 0.323 e. The van der Waals surface area contributed by atoms with Gasteiger partial charge in [0.05, 0.1) is 11.3 Å². The number of aryl methyl sites for hydroxylation is 1. The zero-order valence-corrected chi connectivity index (χ0v) is 10.2. The Morgan fingerprint density at radius 2 is 2.19 bits per heavy atom. The minimum absolute atomic E-state index is 0.150. The van der Waals surface area contributed by atoms with E-state index in [1.54, 1.807) is 26.2 Å². The maximum Gasteiger partial charge on any atom is 0.323 e. The third kappa shape index (κ3) is 2.79. The molecule has 0 aliphatic carbocycles. The molecular weight excluding hydrogens is 228 g/mol. The summed E-state index contributed by atoms with van der Waals surface area (Å²) in [4.78, 5) is 24.0. The largest absolute Gasteiger partial charge is 0.480 e. The molecule has 16 heavy (non-hydrogen) atoms. The van der Waals surface area contributed by atoms with Crippen molar-refractivity contribution in [2.45, 2.75) is 26.8 Å². The normalized spacial score (nSPS) is 10.5. The van der Waals surface area contributed by atoms with Crippen LogP contribution in [-0.2, 0) is 4.79 Å². The number of amides is 1. The Labute approximate surface area is 97.9 Å². The summed E-state index contributed by atoms with van der Waals surface area (Å²) in [5.74, 6) is -1.29. The summed E-state index contributed by atoms with van der Waals surface area (Å²) in [5.41, 5.74) is 1.13. The summed E-state index contributed by atoms with van der Waals surface area (Å²) in [6.07, 6.45) is 0. The number of carboxylic acid groups (broad SMARTS) is 1. The first-order valence-electron chi connectivity index (χ1n) is 4.87. The fourth-order valence-corrected chi connectivity index (χ4v) is 1.97. The molecular formula is C10H14N2O3S. The van der Waals surface area contributed by atoms with Gasteiger partial charge in [-0.25, -0.2) is 0 Å². The SMILES string of the molecule is Cc1nscc1C(=O)N(CC(=O)O)C(C)C. The number of nitrogens with zero attached hydrogens (tertiary/aromatic N) is 2. The van der Waals surface area contributed by atoms with Crippen molar-refractivity contribution >= 4 is 23.4 Å². The number of aromatic nitrogens is 1. The van der Waals surface area contributed by atoms with Crippen molar-refractivity contribution in [3.05, 3.63) is 16.6 Å². The lowest BCUT2D eigenvalue weighted by Crippen LogP contribution is -2.40. The van der Waals surface area contributed by atoms with Gasteiger partial charge in [-0.15, -0.1) is 0 Å². The van der Waals surface area contributed by atoms with E-state index in [9.17, 15) is 9.59 Å². The third-order valence-corrected chi connectivity index (χ3v) is 2.89. The number of carbonyl (C=O) groups is 2. The first-order chi connectivity index (χ1) is 7.43. The molecule has 0 unspecified atom stereocenters. The Morgan fingerprint density at radius 1 is 1.56 bits per heavy atom. The Kier molecular flexibility index (Phi) is 4.00. The van der Waals surface area contributed by atoms with Gasteiger partial charge in [-0.1, -0.05) is 0 Å². The fraction of sp³-hybridized carbons (Fsp3) is 0.500. The molecule has 0 fully saturated rings. The lowest BCUT2D eigenvalue weighted by atomic mass is 10.2. The van der Waals surface area contributed by atoms with E-state index in [1.807, 2.05) is 0 Å². The summed E-state index contributed by atoms with van der Waals surface area (Å²) in [6, 6.07) is -0.150. The minimum Gasteiger partial charge on any atom is -0.480 e. The van der Waals surface area contributed by atoms with E-state index in [0.717, 1.165) is 0 Å². The molecule has 0 aliphatic heterocycles. The molecule has 0 spiro atoms. The summed E-state index contributed by atoms with van der Waals surface area (Å²) in [5, 5.41) is 10.4. The van der Waals surface area contributed by atoms with Crippen LogP contribution in [-0.4, -0.2) is 38.8 Å². The van der Waals surface area contributed by atoms with E-state index in [-0.39, 0.29) is 18.5 Å². The maximum absolute atomic E-state index is 12.0. The van der Waals surface area contributed by atoms with Crippen LogP contribution in [0.2, 0.25) is 0 Å². The molecule has 0 bridgehead atoms. The van der Waals surface area contributed by atoms with E-state index in [4.69, 9.17) is 5.11 Å². The molecule has 1 amide bonds. The Bertz CT molecular complexity index is 401. The van der Waals surface area contributed by atoms with Crippen molar-refractivity contribution in [2.75, 3.05) is 6.54 Å². The van der Waals surface area contributed by atoms with Gasteiger partial charge in [-0.3, -0.25) is 9.59 Å². The average Bonchev–Trinajstić information content (AvgIpc) is 2.59. The summed E-state index contributed by atoms with van der Waals surface area (Å²) in [7, 11) is 0. The summed E-state index contributed by atoms with van der Waals surface area (Å²) >= 11 is 1.20. The second-order valence-corrected chi connectivity index (χ2v) is 4.36. The molecule has 0 aliphatic rings. The van der Waals surface area contributed by atoms with Gasteiger partial charge in [0, 0.05) is 11.4 Å². The van der Waals surface area contributed by atoms with Crippen molar-refractivity contribution in [2.24, 2.45) is 0 Å². The molecule has 0 saturated heterocycles. The van der Waals surface area contributed by atoms with E-state index in [0.29, 0.717) is 11.3 Å². The Balaban J connectivity index is 2.92. The van der Waals surface area contributed by atoms with Gasteiger partial charge in [0.15, 0.2) is 0 Å². The minimum atomic E-state index is -1.01. The molecule has 1 N–H and O–H groups in total. The van der Waals surface area contributed by atoms with Crippen molar-refractivity contribution in [3.8, 4) is 0 Å². The zero-order chi connectivity index (χ0) is 12.3. The monoisotopic (exact) mass is 242 g/mol. The van der Waals surface area contributed by atoms with Gasteiger partial charge in [-0.2, -0.15) is 4.37 Å². The summed E-state index contributed by atoms with van der Waals surface area (Å²) < 4.78 is 4.01. The van der Waals surface area contributed by atoms with Crippen LogP contribution in [0.25, 0.3) is 0 Å². The van der Waals surface area contributed by atoms with Crippen molar-refractivity contribution in [3.63, 3.8) is 0 Å². The first kappa shape index (κ1) is 12.6. The van der Waals surface area contributed by atoms with Gasteiger partial charge in [-0.05, 0) is 32.3 Å². The lowest BCUT2D eigenvalue weighted by molar-refractivity contribution is -0.138. The van der Waals surface area contributed by atoms with Crippen LogP contribution < -0.4 is 0 Å². The average molecular weight is 242 g/mol. The highest BCUT2D eigenvalue weighted by Crippen LogP contribution is 2.14. The van der Waals surface area contributed by atoms with Gasteiger partial charge >= 0.3 is 5.97 Å². The second kappa shape index (κ2) is 5.07. The quantitative estimate of drug-likeness (QED) is 0.866. The summed E-state index contributed by atoms with van der Waals surface area (Å²) in [6.45, 7) is 5.03. The molecule has 0 saturated carbocycles. The van der Waals surface area contributed by atoms with Crippen molar-refractivity contribution < 1.29 is 14.7 Å². The van der Waals surface area contributed by atoms with E-state index < -0.39 is 5.97 Å². The van der Waals surface area contributed by atoms with Crippen molar-refractivity contribution in [1.82, 2.24) is 9.27 Å². The van der Waals surface area contributed by atoms with Crippen LogP contribution >= 0.6 is 11.5 Å². The molecule has 88 valence electrons. The van der Waals surface area contributed by atoms with Crippen molar-refractivity contribution in [1.29, 1.82) is 0 Å². The third-order valence-electron chi connectivity index (χ3n) is 2.17. The number of carbonyl (C=O) groups excluding carboxylic acids is 1. The molecule has 1 aromatic heterocycles. The molecule has 0 radical (unpaired) electrons. The van der Waals surface area contributed by atoms with E-state index in [1.165, 1.54) is 16.4 Å². The van der Waals surface area contributed by atoms with Crippen LogP contribution in [0.3, 0.4) is 0 Å². The van der Waals surface area contributed by atoms with Crippen LogP contribution in [0.15, 0.2) is 5.38 Å². The predicted octanol–water partition coefficient (Wildman–Crippen LogP) is 1.39. The lowest BCUT2D eigenvalue weighted by Gasteiger charge is -2.24. The maximum atomic E-state index is 12.0. The van der Waals surface area contributed by atoms with E-state index >= 15 is 0 Å². The Hall–Kier alpha value is -1.43. The van der Waals surface area contributed by atoms with Gasteiger partial charge in [0.2, 0.25) is 0 Å². The molecule has 1 rings (SSSR count). The number of rotatable bonds is 4. The molecule has 1 aromatic rings. The predicted molar refractivity (Wildman–Crippen MR) is 60.7 cm³/mol. The number of hydrogen-bond acceptors (Lipinski definition) is 4. The topological polar surface area (TPSA) is 70.5 Å². The van der Waals surface area contributed by atoms with Gasteiger partial charge in [0.1, 0.15) is 6.54 Å². The second-order valence-electron chi connectivity index (χ2n) is 3.73. The standard InChI is InChI=1S/C10H14N2O3S/c1-6(2)12(4-9(13)14)10(15)8-5-16-11-7(8)3/h5-6H,4H2,1-3H3,(H,13,14). The molecule has 5 nitrogen and oxygen atoms in total. The molecule has 0 aromatic carbocycles. The molecule has 1 heterocycles. The van der Waals surface area contributed by atoms with E-state index in [2.05, 4.69) is 4.37 Å². The zero-order valence-electron chi connectivity index (χ0n) is 9.43. The van der Waals surface area contributed by atoms with Gasteiger partial charge < -0.3 is 10.0 Å².